The molecule has 0 aliphatic rings. The number of primary amides is 1. The van der Waals surface area contributed by atoms with Crippen molar-refractivity contribution in [2.75, 3.05) is 0 Å². The van der Waals surface area contributed by atoms with Crippen LogP contribution in [0.3, 0.4) is 0 Å². The topological polar surface area (TPSA) is 60.2 Å². The van der Waals surface area contributed by atoms with Crippen molar-refractivity contribution in [3.05, 3.63) is 22.4 Å². The van der Waals surface area contributed by atoms with Gasteiger partial charge in [-0.1, -0.05) is 0 Å². The van der Waals surface area contributed by atoms with Gasteiger partial charge in [-0.15, -0.1) is 22.7 Å². The van der Waals surface area contributed by atoms with Gasteiger partial charge >= 0.3 is 0 Å². The van der Waals surface area contributed by atoms with Gasteiger partial charge in [0, 0.05) is 9.40 Å². The molecular formula is C8H5NO2S2. The van der Waals surface area contributed by atoms with Crippen LogP contribution in [0.5, 0.6) is 0 Å². The average Bonchev–Trinajstić information content (AvgIpc) is 2.59. The quantitative estimate of drug-likeness (QED) is 0.606. The lowest BCUT2D eigenvalue weighted by atomic mass is 10.3. The van der Waals surface area contributed by atoms with E-state index in [2.05, 4.69) is 0 Å². The molecule has 2 heterocycles. The lowest BCUT2D eigenvalue weighted by Crippen LogP contribution is -2.21. The normalized spacial score (nSPS) is 10.5. The molecule has 2 rings (SSSR count). The lowest BCUT2D eigenvalue weighted by Gasteiger charge is -1.86. The van der Waals surface area contributed by atoms with Gasteiger partial charge in [0.15, 0.2) is 0 Å². The second kappa shape index (κ2) is 2.93. The predicted molar refractivity (Wildman–Crippen MR) is 53.2 cm³/mol. The number of rotatable bonds is 2. The molecule has 0 bridgehead atoms. The van der Waals surface area contributed by atoms with Gasteiger partial charge in [0.05, 0.1) is 4.88 Å². The van der Waals surface area contributed by atoms with Crippen molar-refractivity contribution in [3.8, 4) is 0 Å². The molecule has 0 atom stereocenters. The fourth-order valence-electron chi connectivity index (χ4n) is 0.999. The maximum Gasteiger partial charge on any atom is 0.290 e. The third-order valence-electron chi connectivity index (χ3n) is 1.59. The minimum absolute atomic E-state index is 0.425. The number of fused-ring (bicyclic) bond motifs is 1. The van der Waals surface area contributed by atoms with Crippen LogP contribution in [0, 0.1) is 0 Å². The molecule has 0 unspecified atom stereocenters. The summed E-state index contributed by atoms with van der Waals surface area (Å²) in [6.45, 7) is 0. The van der Waals surface area contributed by atoms with Gasteiger partial charge in [-0.05, 0) is 17.5 Å². The Labute approximate surface area is 81.8 Å². The predicted octanol–water partition coefficient (Wildman–Crippen LogP) is 1.63. The second-order valence-corrected chi connectivity index (χ2v) is 4.48. The molecule has 0 aromatic carbocycles. The van der Waals surface area contributed by atoms with Crippen LogP contribution in [0.25, 0.3) is 9.40 Å². The first-order valence-corrected chi connectivity index (χ1v) is 5.19. The summed E-state index contributed by atoms with van der Waals surface area (Å²) in [5.74, 6) is -1.50. The van der Waals surface area contributed by atoms with E-state index >= 15 is 0 Å². The summed E-state index contributed by atoms with van der Waals surface area (Å²) in [4.78, 5) is 22.2. The molecule has 0 aliphatic heterocycles. The molecule has 66 valence electrons. The van der Waals surface area contributed by atoms with E-state index in [4.69, 9.17) is 5.73 Å². The summed E-state index contributed by atoms with van der Waals surface area (Å²) >= 11 is 2.84. The number of hydrogen-bond acceptors (Lipinski definition) is 4. The van der Waals surface area contributed by atoms with E-state index in [1.165, 1.54) is 11.3 Å². The van der Waals surface area contributed by atoms with E-state index in [0.29, 0.717) is 4.88 Å². The van der Waals surface area contributed by atoms with E-state index < -0.39 is 11.7 Å². The molecule has 2 N–H and O–H groups in total. The fraction of sp³-hybridized carbons (Fsp3) is 0. The van der Waals surface area contributed by atoms with Gasteiger partial charge in [0.2, 0.25) is 0 Å². The molecule has 1 amide bonds. The monoisotopic (exact) mass is 211 g/mol. The lowest BCUT2D eigenvalue weighted by molar-refractivity contribution is -0.114. The van der Waals surface area contributed by atoms with Gasteiger partial charge < -0.3 is 5.73 Å². The SMILES string of the molecule is NC(=O)C(=O)c1cc2sccc2s1. The van der Waals surface area contributed by atoms with Gasteiger partial charge in [-0.3, -0.25) is 9.59 Å². The largest absolute Gasteiger partial charge is 0.363 e. The van der Waals surface area contributed by atoms with Crippen LogP contribution >= 0.6 is 22.7 Å². The zero-order valence-corrected chi connectivity index (χ0v) is 8.08. The van der Waals surface area contributed by atoms with Crippen molar-refractivity contribution in [2.45, 2.75) is 0 Å². The Bertz CT molecular complexity index is 455. The maximum atomic E-state index is 11.2. The Morgan fingerprint density at radius 3 is 2.69 bits per heavy atom. The summed E-state index contributed by atoms with van der Waals surface area (Å²) in [7, 11) is 0. The molecular weight excluding hydrogens is 206 g/mol. The molecule has 0 saturated carbocycles. The highest BCUT2D eigenvalue weighted by atomic mass is 32.1. The van der Waals surface area contributed by atoms with Gasteiger partial charge in [-0.25, -0.2) is 0 Å². The molecule has 5 heteroatoms. The highest BCUT2D eigenvalue weighted by Crippen LogP contribution is 2.29. The molecule has 13 heavy (non-hydrogen) atoms. The minimum Gasteiger partial charge on any atom is -0.363 e. The maximum absolute atomic E-state index is 11.2. The summed E-state index contributed by atoms with van der Waals surface area (Å²) in [6.07, 6.45) is 0. The van der Waals surface area contributed by atoms with Crippen LogP contribution in [-0.4, -0.2) is 11.7 Å². The standard InChI is InChI=1S/C8H5NO2S2/c9-8(11)7(10)6-3-5-4(13-6)1-2-12-5/h1-3H,(H2,9,11). The summed E-state index contributed by atoms with van der Waals surface area (Å²) in [5, 5.41) is 1.94. The summed E-state index contributed by atoms with van der Waals surface area (Å²) < 4.78 is 2.05. The second-order valence-electron chi connectivity index (χ2n) is 2.45. The number of nitrogens with two attached hydrogens (primary N) is 1. The number of carbonyl (C=O) groups is 2. The minimum atomic E-state index is -0.895. The number of ketones is 1. The molecule has 3 nitrogen and oxygen atoms in total. The first-order chi connectivity index (χ1) is 6.18. The number of Topliss-reactive ketones (excluding diaryl/α,β-unsaturated/α-hetero) is 1. The number of carbonyl (C=O) groups excluding carboxylic acids is 2. The number of thiophene rings is 2. The number of amides is 1. The molecule has 0 spiro atoms. The summed E-state index contributed by atoms with van der Waals surface area (Å²) in [6, 6.07) is 3.63. The van der Waals surface area contributed by atoms with Gasteiger partial charge in [0.25, 0.3) is 11.7 Å². The Balaban J connectivity index is 2.51. The Morgan fingerprint density at radius 1 is 1.31 bits per heavy atom. The Morgan fingerprint density at radius 2 is 2.08 bits per heavy atom. The van der Waals surface area contributed by atoms with Crippen LogP contribution in [-0.2, 0) is 4.79 Å². The molecule has 0 aliphatic carbocycles. The van der Waals surface area contributed by atoms with Crippen molar-refractivity contribution in [2.24, 2.45) is 5.73 Å². The van der Waals surface area contributed by atoms with Crippen molar-refractivity contribution >= 4 is 43.8 Å². The van der Waals surface area contributed by atoms with Crippen LogP contribution in [0.4, 0.5) is 0 Å². The highest BCUT2D eigenvalue weighted by molar-refractivity contribution is 7.28. The van der Waals surface area contributed by atoms with E-state index in [9.17, 15) is 9.59 Å². The fourth-order valence-corrected chi connectivity index (χ4v) is 3.05. The molecule has 0 radical (unpaired) electrons. The van der Waals surface area contributed by atoms with E-state index in [0.717, 1.165) is 9.40 Å². The van der Waals surface area contributed by atoms with Crippen LogP contribution in [0.15, 0.2) is 17.5 Å². The molecule has 2 aromatic heterocycles. The van der Waals surface area contributed by atoms with Gasteiger partial charge in [-0.2, -0.15) is 0 Å². The first kappa shape index (κ1) is 8.40. The third-order valence-corrected chi connectivity index (χ3v) is 3.68. The summed E-state index contributed by atoms with van der Waals surface area (Å²) in [5.41, 5.74) is 4.88. The number of hydrogen-bond donors (Lipinski definition) is 1. The van der Waals surface area contributed by atoms with Crippen molar-refractivity contribution in [3.63, 3.8) is 0 Å². The van der Waals surface area contributed by atoms with Crippen LogP contribution < -0.4 is 5.73 Å². The third kappa shape index (κ3) is 1.36. The van der Waals surface area contributed by atoms with E-state index in [1.54, 1.807) is 17.4 Å². The molecule has 0 fully saturated rings. The average molecular weight is 211 g/mol. The van der Waals surface area contributed by atoms with Crippen LogP contribution in [0.1, 0.15) is 9.67 Å². The van der Waals surface area contributed by atoms with Crippen molar-refractivity contribution in [1.29, 1.82) is 0 Å². The highest BCUT2D eigenvalue weighted by Gasteiger charge is 2.15. The zero-order chi connectivity index (χ0) is 9.42. The van der Waals surface area contributed by atoms with Crippen molar-refractivity contribution in [1.82, 2.24) is 0 Å². The van der Waals surface area contributed by atoms with Crippen molar-refractivity contribution < 1.29 is 9.59 Å². The van der Waals surface area contributed by atoms with E-state index in [-0.39, 0.29) is 0 Å². The van der Waals surface area contributed by atoms with E-state index in [1.807, 2.05) is 11.4 Å². The molecule has 2 aromatic rings. The Hall–Kier alpha value is -1.20. The zero-order valence-electron chi connectivity index (χ0n) is 6.44. The first-order valence-electron chi connectivity index (χ1n) is 3.49. The Kier molecular flexibility index (Phi) is 1.90. The smallest absolute Gasteiger partial charge is 0.290 e. The van der Waals surface area contributed by atoms with Gasteiger partial charge in [0.1, 0.15) is 0 Å². The van der Waals surface area contributed by atoms with Crippen LogP contribution in [0.2, 0.25) is 0 Å². The molecule has 0 saturated heterocycles.